The Labute approximate surface area is 172 Å². The van der Waals surface area contributed by atoms with E-state index in [1.54, 1.807) is 31.6 Å². The van der Waals surface area contributed by atoms with E-state index in [0.717, 1.165) is 11.3 Å². The standard InChI is InChI=1S/C22H18N6O2/c1-28-21(30)12-19(18-9-11-23-14-26-18)27-22(28)25-13-20(29)16-7-3-2-6-15(16)17-8-4-5-10-24-17/h2-12,14H,13H2,1H3,(H,25,27). The number of carbonyl (C=O) groups excluding carboxylic acids is 1. The first kappa shape index (κ1) is 19.1. The summed E-state index contributed by atoms with van der Waals surface area (Å²) in [5.74, 6) is 0.137. The maximum absolute atomic E-state index is 12.9. The molecule has 148 valence electrons. The van der Waals surface area contributed by atoms with Crippen LogP contribution in [0.5, 0.6) is 0 Å². The first-order chi connectivity index (χ1) is 14.6. The van der Waals surface area contributed by atoms with Gasteiger partial charge in [0.15, 0.2) is 5.78 Å². The second kappa shape index (κ2) is 8.44. The highest BCUT2D eigenvalue weighted by Crippen LogP contribution is 2.22. The van der Waals surface area contributed by atoms with Crippen molar-refractivity contribution >= 4 is 11.7 Å². The third-order valence-electron chi connectivity index (χ3n) is 4.55. The molecule has 0 radical (unpaired) electrons. The van der Waals surface area contributed by atoms with Gasteiger partial charge >= 0.3 is 0 Å². The molecule has 0 saturated heterocycles. The third-order valence-corrected chi connectivity index (χ3v) is 4.55. The Morgan fingerprint density at radius 2 is 1.80 bits per heavy atom. The number of hydrogen-bond donors (Lipinski definition) is 1. The zero-order valence-electron chi connectivity index (χ0n) is 16.2. The first-order valence-corrected chi connectivity index (χ1v) is 9.25. The molecule has 4 rings (SSSR count). The number of pyridine rings is 1. The molecule has 0 bridgehead atoms. The average molecular weight is 398 g/mol. The number of aromatic nitrogens is 5. The molecule has 8 nitrogen and oxygen atoms in total. The van der Waals surface area contributed by atoms with Crippen LogP contribution in [0, 0.1) is 0 Å². The van der Waals surface area contributed by atoms with Crippen molar-refractivity contribution in [3.63, 3.8) is 0 Å². The summed E-state index contributed by atoms with van der Waals surface area (Å²) in [4.78, 5) is 42.1. The average Bonchev–Trinajstić information content (AvgIpc) is 2.81. The van der Waals surface area contributed by atoms with Crippen LogP contribution in [-0.2, 0) is 7.05 Å². The Bertz CT molecular complexity index is 1240. The molecular weight excluding hydrogens is 380 g/mol. The van der Waals surface area contributed by atoms with Gasteiger partial charge in [0, 0.05) is 36.6 Å². The molecule has 0 amide bonds. The van der Waals surface area contributed by atoms with Crippen molar-refractivity contribution in [2.45, 2.75) is 0 Å². The van der Waals surface area contributed by atoms with Crippen molar-refractivity contribution in [3.8, 4) is 22.6 Å². The van der Waals surface area contributed by atoms with E-state index in [-0.39, 0.29) is 23.8 Å². The minimum absolute atomic E-state index is 0.0304. The van der Waals surface area contributed by atoms with E-state index in [9.17, 15) is 9.59 Å². The maximum atomic E-state index is 12.9. The first-order valence-electron chi connectivity index (χ1n) is 9.25. The van der Waals surface area contributed by atoms with Gasteiger partial charge < -0.3 is 5.32 Å². The van der Waals surface area contributed by atoms with Crippen molar-refractivity contribution in [2.75, 3.05) is 11.9 Å². The van der Waals surface area contributed by atoms with Crippen LogP contribution in [0.25, 0.3) is 22.6 Å². The Kier molecular flexibility index (Phi) is 5.38. The van der Waals surface area contributed by atoms with E-state index in [2.05, 4.69) is 25.3 Å². The van der Waals surface area contributed by atoms with E-state index in [1.807, 2.05) is 36.4 Å². The number of ketones is 1. The number of nitrogens with one attached hydrogen (secondary N) is 1. The summed E-state index contributed by atoms with van der Waals surface area (Å²) >= 11 is 0. The normalized spacial score (nSPS) is 10.6. The molecule has 8 heteroatoms. The van der Waals surface area contributed by atoms with Crippen LogP contribution >= 0.6 is 0 Å². The van der Waals surface area contributed by atoms with Crippen molar-refractivity contribution in [2.24, 2.45) is 7.05 Å². The number of nitrogens with zero attached hydrogens (tertiary/aromatic N) is 5. The van der Waals surface area contributed by atoms with Crippen LogP contribution in [0.15, 0.2) is 78.1 Å². The SMILES string of the molecule is Cn1c(NCC(=O)c2ccccc2-c2ccccn2)nc(-c2ccncn2)cc1=O. The third kappa shape index (κ3) is 3.97. The van der Waals surface area contributed by atoms with Gasteiger partial charge in [-0.2, -0.15) is 0 Å². The molecular formula is C22H18N6O2. The summed E-state index contributed by atoms with van der Waals surface area (Å²) in [7, 11) is 1.59. The number of benzene rings is 1. The molecule has 0 spiro atoms. The number of carbonyl (C=O) groups is 1. The van der Waals surface area contributed by atoms with Crippen LogP contribution in [0.2, 0.25) is 0 Å². The van der Waals surface area contributed by atoms with Gasteiger partial charge in [0.25, 0.3) is 5.56 Å². The largest absolute Gasteiger partial charge is 0.348 e. The molecule has 0 saturated carbocycles. The van der Waals surface area contributed by atoms with Gasteiger partial charge in [0.2, 0.25) is 5.95 Å². The van der Waals surface area contributed by atoms with Crippen molar-refractivity contribution in [1.29, 1.82) is 0 Å². The van der Waals surface area contributed by atoms with Gasteiger partial charge in [0.1, 0.15) is 6.33 Å². The van der Waals surface area contributed by atoms with Crippen molar-refractivity contribution < 1.29 is 4.79 Å². The molecule has 3 heterocycles. The molecule has 3 aromatic heterocycles. The molecule has 30 heavy (non-hydrogen) atoms. The van der Waals surface area contributed by atoms with Crippen LogP contribution in [0.3, 0.4) is 0 Å². The van der Waals surface area contributed by atoms with Gasteiger partial charge in [-0.15, -0.1) is 0 Å². The van der Waals surface area contributed by atoms with E-state index < -0.39 is 0 Å². The van der Waals surface area contributed by atoms with E-state index in [0.29, 0.717) is 17.0 Å². The minimum Gasteiger partial charge on any atom is -0.348 e. The zero-order valence-corrected chi connectivity index (χ0v) is 16.2. The molecule has 0 fully saturated rings. The lowest BCUT2D eigenvalue weighted by atomic mass is 10.0. The Morgan fingerprint density at radius 1 is 0.967 bits per heavy atom. The minimum atomic E-state index is -0.262. The second-order valence-corrected chi connectivity index (χ2v) is 6.49. The van der Waals surface area contributed by atoms with E-state index in [4.69, 9.17) is 0 Å². The van der Waals surface area contributed by atoms with Crippen LogP contribution in [0.1, 0.15) is 10.4 Å². The lowest BCUT2D eigenvalue weighted by Gasteiger charge is -2.12. The molecule has 0 aliphatic heterocycles. The molecule has 0 aliphatic carbocycles. The van der Waals surface area contributed by atoms with Gasteiger partial charge in [0.05, 0.1) is 23.6 Å². The monoisotopic (exact) mass is 398 g/mol. The van der Waals surface area contributed by atoms with E-state index >= 15 is 0 Å². The highest BCUT2D eigenvalue weighted by molar-refractivity contribution is 6.04. The molecule has 1 N–H and O–H groups in total. The fourth-order valence-corrected chi connectivity index (χ4v) is 3.00. The summed E-state index contributed by atoms with van der Waals surface area (Å²) < 4.78 is 1.35. The molecule has 4 aromatic rings. The van der Waals surface area contributed by atoms with Crippen molar-refractivity contribution in [1.82, 2.24) is 24.5 Å². The second-order valence-electron chi connectivity index (χ2n) is 6.49. The summed E-state index contributed by atoms with van der Waals surface area (Å²) in [5, 5.41) is 2.98. The van der Waals surface area contributed by atoms with Gasteiger partial charge in [-0.1, -0.05) is 30.3 Å². The van der Waals surface area contributed by atoms with E-state index in [1.165, 1.54) is 17.0 Å². The maximum Gasteiger partial charge on any atom is 0.255 e. The van der Waals surface area contributed by atoms with Gasteiger partial charge in [-0.05, 0) is 18.2 Å². The Morgan fingerprint density at radius 3 is 2.57 bits per heavy atom. The fraction of sp³-hybridized carbons (Fsp3) is 0.0909. The smallest absolute Gasteiger partial charge is 0.255 e. The van der Waals surface area contributed by atoms with Crippen LogP contribution in [-0.4, -0.2) is 36.8 Å². The van der Waals surface area contributed by atoms with Gasteiger partial charge in [-0.25, -0.2) is 15.0 Å². The number of anilines is 1. The number of hydrogen-bond acceptors (Lipinski definition) is 7. The molecule has 0 aliphatic rings. The van der Waals surface area contributed by atoms with Gasteiger partial charge in [-0.3, -0.25) is 19.1 Å². The molecule has 1 aromatic carbocycles. The highest BCUT2D eigenvalue weighted by atomic mass is 16.1. The molecule has 0 unspecified atom stereocenters. The Hall–Kier alpha value is -4.20. The highest BCUT2D eigenvalue weighted by Gasteiger charge is 2.15. The summed E-state index contributed by atoms with van der Waals surface area (Å²) in [6.07, 6.45) is 4.65. The lowest BCUT2D eigenvalue weighted by Crippen LogP contribution is -2.25. The predicted molar refractivity (Wildman–Crippen MR) is 113 cm³/mol. The predicted octanol–water partition coefficient (Wildman–Crippen LogP) is 2.59. The van der Waals surface area contributed by atoms with Crippen LogP contribution in [0.4, 0.5) is 5.95 Å². The summed E-state index contributed by atoms with van der Waals surface area (Å²) in [5.41, 5.74) is 2.68. The Balaban J connectivity index is 1.60. The summed E-state index contributed by atoms with van der Waals surface area (Å²) in [6.45, 7) is -0.0304. The number of rotatable bonds is 6. The molecule has 0 atom stereocenters. The topological polar surface area (TPSA) is 103 Å². The van der Waals surface area contributed by atoms with Crippen LogP contribution < -0.4 is 10.9 Å². The fourth-order valence-electron chi connectivity index (χ4n) is 3.00. The number of Topliss-reactive ketones (excluding diaryl/α,β-unsaturated/α-hetero) is 1. The quantitative estimate of drug-likeness (QED) is 0.498. The lowest BCUT2D eigenvalue weighted by molar-refractivity contribution is 0.101. The van der Waals surface area contributed by atoms with Crippen molar-refractivity contribution in [3.05, 3.63) is 89.2 Å². The summed E-state index contributed by atoms with van der Waals surface area (Å²) in [6, 6.07) is 15.9. The zero-order chi connectivity index (χ0) is 20.9.